The minimum atomic E-state index is -0.200. The van der Waals surface area contributed by atoms with Gasteiger partial charge in [0.25, 0.3) is 5.56 Å². The van der Waals surface area contributed by atoms with Crippen LogP contribution in [0.15, 0.2) is 16.5 Å². The third kappa shape index (κ3) is 3.45. The van der Waals surface area contributed by atoms with E-state index in [2.05, 4.69) is 9.88 Å². The summed E-state index contributed by atoms with van der Waals surface area (Å²) in [4.78, 5) is 31.3. The standard InChI is InChI=1S/C16H22N4O2S/c1-11-9-23-15-13(11)16(22)20(10-18-15)7-3-6-19-5-2-4-12(8-19)14(17)21/h9-10,12H,2-8H2,1H3,(H2,17,21)/t12-/m1/s1. The van der Waals surface area contributed by atoms with E-state index in [9.17, 15) is 9.59 Å². The molecule has 0 aliphatic carbocycles. The summed E-state index contributed by atoms with van der Waals surface area (Å²) < 4.78 is 1.69. The van der Waals surface area contributed by atoms with Crippen LogP contribution < -0.4 is 11.3 Å². The van der Waals surface area contributed by atoms with E-state index in [0.29, 0.717) is 6.54 Å². The molecule has 0 radical (unpaired) electrons. The summed E-state index contributed by atoms with van der Waals surface area (Å²) in [5.41, 5.74) is 6.45. The van der Waals surface area contributed by atoms with Crippen LogP contribution >= 0.6 is 11.3 Å². The number of piperidine rings is 1. The largest absolute Gasteiger partial charge is 0.369 e. The van der Waals surface area contributed by atoms with E-state index >= 15 is 0 Å². The highest BCUT2D eigenvalue weighted by Gasteiger charge is 2.23. The molecule has 7 heteroatoms. The second-order valence-electron chi connectivity index (χ2n) is 6.24. The predicted octanol–water partition coefficient (Wildman–Crippen LogP) is 1.35. The van der Waals surface area contributed by atoms with Crippen LogP contribution in [0.1, 0.15) is 24.8 Å². The number of hydrogen-bond acceptors (Lipinski definition) is 5. The average molecular weight is 334 g/mol. The van der Waals surface area contributed by atoms with Crippen molar-refractivity contribution in [1.82, 2.24) is 14.5 Å². The van der Waals surface area contributed by atoms with Gasteiger partial charge in [0, 0.05) is 13.1 Å². The fourth-order valence-electron chi connectivity index (χ4n) is 3.22. The van der Waals surface area contributed by atoms with Gasteiger partial charge in [0.2, 0.25) is 5.91 Å². The van der Waals surface area contributed by atoms with Crippen LogP contribution in [0.4, 0.5) is 0 Å². The molecule has 124 valence electrons. The molecule has 0 saturated carbocycles. The quantitative estimate of drug-likeness (QED) is 0.895. The maximum absolute atomic E-state index is 12.5. The topological polar surface area (TPSA) is 81.2 Å². The molecule has 1 fully saturated rings. The Morgan fingerprint density at radius 2 is 2.30 bits per heavy atom. The molecule has 23 heavy (non-hydrogen) atoms. The number of nitrogens with zero attached hydrogens (tertiary/aromatic N) is 3. The maximum atomic E-state index is 12.5. The zero-order chi connectivity index (χ0) is 16.4. The van der Waals surface area contributed by atoms with Gasteiger partial charge in [-0.3, -0.25) is 14.2 Å². The van der Waals surface area contributed by atoms with Crippen molar-refractivity contribution in [1.29, 1.82) is 0 Å². The molecule has 0 spiro atoms. The lowest BCUT2D eigenvalue weighted by molar-refractivity contribution is -0.123. The Morgan fingerprint density at radius 1 is 1.48 bits per heavy atom. The summed E-state index contributed by atoms with van der Waals surface area (Å²) in [6.07, 6.45) is 4.41. The molecular weight excluding hydrogens is 312 g/mol. The molecule has 6 nitrogen and oxygen atoms in total. The molecule has 1 aliphatic heterocycles. The molecule has 2 N–H and O–H groups in total. The lowest BCUT2D eigenvalue weighted by atomic mass is 9.97. The van der Waals surface area contributed by atoms with Crippen LogP contribution in [0.25, 0.3) is 10.2 Å². The number of aromatic nitrogens is 2. The summed E-state index contributed by atoms with van der Waals surface area (Å²) in [5.74, 6) is -0.230. The first kappa shape index (κ1) is 16.1. The van der Waals surface area contributed by atoms with E-state index < -0.39 is 0 Å². The summed E-state index contributed by atoms with van der Waals surface area (Å²) in [7, 11) is 0. The summed E-state index contributed by atoms with van der Waals surface area (Å²) in [6.45, 7) is 5.21. The van der Waals surface area contributed by atoms with Gasteiger partial charge in [0.05, 0.1) is 17.6 Å². The van der Waals surface area contributed by atoms with Crippen LogP contribution in [0.2, 0.25) is 0 Å². The summed E-state index contributed by atoms with van der Waals surface area (Å²) in [5, 5.41) is 2.71. The number of nitrogens with two attached hydrogens (primary N) is 1. The Kier molecular flexibility index (Phi) is 4.77. The predicted molar refractivity (Wildman–Crippen MR) is 91.6 cm³/mol. The van der Waals surface area contributed by atoms with E-state index in [1.54, 1.807) is 10.9 Å². The number of aryl methyl sites for hydroxylation is 2. The molecule has 1 aliphatic rings. The lowest BCUT2D eigenvalue weighted by Gasteiger charge is -2.31. The fraction of sp³-hybridized carbons (Fsp3) is 0.562. The molecule has 1 amide bonds. The first-order valence-corrected chi connectivity index (χ1v) is 8.89. The fourth-order valence-corrected chi connectivity index (χ4v) is 4.10. The maximum Gasteiger partial charge on any atom is 0.262 e. The van der Waals surface area contributed by atoms with Crippen LogP contribution in [0.5, 0.6) is 0 Å². The van der Waals surface area contributed by atoms with Crippen molar-refractivity contribution in [2.75, 3.05) is 19.6 Å². The van der Waals surface area contributed by atoms with Gasteiger partial charge in [0.1, 0.15) is 4.83 Å². The molecular formula is C16H22N4O2S. The minimum Gasteiger partial charge on any atom is -0.369 e. The molecule has 2 aromatic heterocycles. The van der Waals surface area contributed by atoms with Gasteiger partial charge >= 0.3 is 0 Å². The van der Waals surface area contributed by atoms with Crippen LogP contribution in [-0.2, 0) is 11.3 Å². The molecule has 0 aromatic carbocycles. The zero-order valence-corrected chi connectivity index (χ0v) is 14.1. The number of hydrogen-bond donors (Lipinski definition) is 1. The van der Waals surface area contributed by atoms with Crippen molar-refractivity contribution in [2.24, 2.45) is 11.7 Å². The number of thiophene rings is 1. The number of carbonyl (C=O) groups is 1. The number of primary amides is 1. The monoisotopic (exact) mass is 334 g/mol. The normalized spacial score (nSPS) is 19.3. The average Bonchev–Trinajstić information content (AvgIpc) is 2.92. The van der Waals surface area contributed by atoms with Crippen molar-refractivity contribution < 1.29 is 4.79 Å². The SMILES string of the molecule is Cc1csc2ncn(CCCN3CCC[C@@H](C(N)=O)C3)c(=O)c12. The van der Waals surface area contributed by atoms with Crippen molar-refractivity contribution in [3.05, 3.63) is 27.6 Å². The van der Waals surface area contributed by atoms with Crippen LogP contribution in [0, 0.1) is 12.8 Å². The first-order valence-electron chi connectivity index (χ1n) is 8.01. The van der Waals surface area contributed by atoms with Crippen LogP contribution in [0.3, 0.4) is 0 Å². The van der Waals surface area contributed by atoms with E-state index in [4.69, 9.17) is 5.73 Å². The highest BCUT2D eigenvalue weighted by molar-refractivity contribution is 7.16. The second-order valence-corrected chi connectivity index (χ2v) is 7.10. The Hall–Kier alpha value is -1.73. The van der Waals surface area contributed by atoms with Crippen molar-refractivity contribution in [3.8, 4) is 0 Å². The van der Waals surface area contributed by atoms with E-state index in [0.717, 1.165) is 54.7 Å². The number of carbonyl (C=O) groups excluding carboxylic acids is 1. The number of fused-ring (bicyclic) bond motifs is 1. The molecule has 0 bridgehead atoms. The minimum absolute atomic E-state index is 0.0297. The number of likely N-dealkylation sites (tertiary alicyclic amines) is 1. The Morgan fingerprint density at radius 3 is 3.09 bits per heavy atom. The van der Waals surface area contributed by atoms with Gasteiger partial charge in [-0.15, -0.1) is 11.3 Å². The van der Waals surface area contributed by atoms with Gasteiger partial charge in [-0.2, -0.15) is 0 Å². The molecule has 3 rings (SSSR count). The van der Waals surface area contributed by atoms with E-state index in [-0.39, 0.29) is 17.4 Å². The van der Waals surface area contributed by atoms with Gasteiger partial charge in [-0.25, -0.2) is 4.98 Å². The van der Waals surface area contributed by atoms with Crippen molar-refractivity contribution in [3.63, 3.8) is 0 Å². The Balaban J connectivity index is 1.61. The zero-order valence-electron chi connectivity index (χ0n) is 13.3. The van der Waals surface area contributed by atoms with Crippen molar-refractivity contribution >= 4 is 27.5 Å². The number of amides is 1. The summed E-state index contributed by atoms with van der Waals surface area (Å²) in [6, 6.07) is 0. The molecule has 1 atom stereocenters. The summed E-state index contributed by atoms with van der Waals surface area (Å²) >= 11 is 1.51. The highest BCUT2D eigenvalue weighted by Crippen LogP contribution is 2.19. The smallest absolute Gasteiger partial charge is 0.262 e. The van der Waals surface area contributed by atoms with E-state index in [1.807, 2.05) is 12.3 Å². The van der Waals surface area contributed by atoms with Crippen molar-refractivity contribution in [2.45, 2.75) is 32.7 Å². The lowest BCUT2D eigenvalue weighted by Crippen LogP contribution is -2.41. The third-order valence-corrected chi connectivity index (χ3v) is 5.53. The van der Waals surface area contributed by atoms with Gasteiger partial charge < -0.3 is 10.6 Å². The van der Waals surface area contributed by atoms with Crippen LogP contribution in [-0.4, -0.2) is 40.0 Å². The molecule has 3 heterocycles. The highest BCUT2D eigenvalue weighted by atomic mass is 32.1. The van der Waals surface area contributed by atoms with Gasteiger partial charge in [-0.1, -0.05) is 0 Å². The van der Waals surface area contributed by atoms with E-state index in [1.165, 1.54) is 11.3 Å². The number of rotatable bonds is 5. The molecule has 2 aromatic rings. The Bertz CT molecular complexity index is 767. The molecule has 0 unspecified atom stereocenters. The molecule has 1 saturated heterocycles. The van der Waals surface area contributed by atoms with Gasteiger partial charge in [0.15, 0.2) is 0 Å². The first-order chi connectivity index (χ1) is 11.1. The second kappa shape index (κ2) is 6.80. The van der Waals surface area contributed by atoms with Gasteiger partial charge in [-0.05, 0) is 50.2 Å². The third-order valence-electron chi connectivity index (χ3n) is 4.53. The Labute approximate surface area is 138 Å².